The Morgan fingerprint density at radius 1 is 1.62 bits per heavy atom. The monoisotopic (exact) mass is 244 g/mol. The van der Waals surface area contributed by atoms with Gasteiger partial charge >= 0.3 is 0 Å². The van der Waals surface area contributed by atoms with Gasteiger partial charge in [-0.2, -0.15) is 5.10 Å². The lowest BCUT2D eigenvalue weighted by Crippen LogP contribution is -2.24. The van der Waals surface area contributed by atoms with Crippen LogP contribution in [0.1, 0.15) is 31.0 Å². The van der Waals surface area contributed by atoms with Crippen molar-refractivity contribution in [2.75, 3.05) is 0 Å². The van der Waals surface area contributed by atoms with Crippen molar-refractivity contribution in [1.29, 1.82) is 0 Å². The molecule has 0 amide bonds. The maximum atomic E-state index is 11.4. The molecule has 1 rings (SSSR count). The molecule has 0 bridgehead atoms. The van der Waals surface area contributed by atoms with Crippen molar-refractivity contribution >= 4 is 15.9 Å². The molecule has 0 aliphatic rings. The molecular formula is C9H13BrN2O. The summed E-state index contributed by atoms with van der Waals surface area (Å²) in [5.74, 6) is 0.351. The summed E-state index contributed by atoms with van der Waals surface area (Å²) in [6, 6.07) is 1.86. The molecule has 0 fully saturated rings. The molecule has 72 valence electrons. The van der Waals surface area contributed by atoms with Crippen LogP contribution in [0.15, 0.2) is 10.9 Å². The standard InChI is InChI=1S/C9H13BrN2O/c1-6(2)8-4-7(5-10)9(13)12(3)11-8/h4,6H,5H2,1-3H3. The Labute approximate surface area is 85.9 Å². The maximum absolute atomic E-state index is 11.4. The Balaban J connectivity index is 3.30. The van der Waals surface area contributed by atoms with Gasteiger partial charge in [0.2, 0.25) is 0 Å². The van der Waals surface area contributed by atoms with E-state index >= 15 is 0 Å². The van der Waals surface area contributed by atoms with Crippen LogP contribution in [-0.2, 0) is 12.4 Å². The van der Waals surface area contributed by atoms with Crippen LogP contribution in [0.4, 0.5) is 0 Å². The first kappa shape index (κ1) is 10.4. The molecule has 4 heteroatoms. The fraction of sp³-hybridized carbons (Fsp3) is 0.556. The summed E-state index contributed by atoms with van der Waals surface area (Å²) in [5.41, 5.74) is 1.69. The minimum absolute atomic E-state index is 0.0266. The molecular weight excluding hydrogens is 232 g/mol. The van der Waals surface area contributed by atoms with Crippen LogP contribution in [0.3, 0.4) is 0 Å². The second-order valence-corrected chi connectivity index (χ2v) is 3.87. The van der Waals surface area contributed by atoms with E-state index in [4.69, 9.17) is 0 Å². The number of nitrogens with zero attached hydrogens (tertiary/aromatic N) is 2. The predicted octanol–water partition coefficient (Wildman–Crippen LogP) is 1.80. The number of aryl methyl sites for hydroxylation is 1. The molecule has 1 heterocycles. The van der Waals surface area contributed by atoms with Gasteiger partial charge in [-0.05, 0) is 12.0 Å². The zero-order valence-corrected chi connectivity index (χ0v) is 9.63. The van der Waals surface area contributed by atoms with Crippen molar-refractivity contribution in [2.45, 2.75) is 25.1 Å². The number of alkyl halides is 1. The predicted molar refractivity (Wildman–Crippen MR) is 56.2 cm³/mol. The third-order valence-corrected chi connectivity index (χ3v) is 2.50. The molecule has 1 aromatic heterocycles. The second kappa shape index (κ2) is 4.05. The molecule has 0 aliphatic heterocycles. The van der Waals surface area contributed by atoms with Gasteiger partial charge in [-0.25, -0.2) is 4.68 Å². The summed E-state index contributed by atoms with van der Waals surface area (Å²) in [7, 11) is 1.68. The number of hydrogen-bond acceptors (Lipinski definition) is 2. The zero-order valence-electron chi connectivity index (χ0n) is 8.04. The van der Waals surface area contributed by atoms with Crippen molar-refractivity contribution in [3.8, 4) is 0 Å². The lowest BCUT2D eigenvalue weighted by molar-refractivity contribution is 0.647. The van der Waals surface area contributed by atoms with Gasteiger partial charge in [0.25, 0.3) is 5.56 Å². The van der Waals surface area contributed by atoms with Crippen LogP contribution in [0, 0.1) is 0 Å². The quantitative estimate of drug-likeness (QED) is 0.744. The van der Waals surface area contributed by atoms with Gasteiger partial charge in [-0.15, -0.1) is 0 Å². The molecule has 0 saturated heterocycles. The fourth-order valence-corrected chi connectivity index (χ4v) is 1.48. The van der Waals surface area contributed by atoms with Gasteiger partial charge in [-0.1, -0.05) is 29.8 Å². The van der Waals surface area contributed by atoms with Crippen molar-refractivity contribution in [1.82, 2.24) is 9.78 Å². The van der Waals surface area contributed by atoms with Crippen LogP contribution in [0.2, 0.25) is 0 Å². The first-order valence-corrected chi connectivity index (χ1v) is 5.31. The Bertz CT molecular complexity index is 357. The van der Waals surface area contributed by atoms with E-state index in [2.05, 4.69) is 34.9 Å². The van der Waals surface area contributed by atoms with Gasteiger partial charge in [0.05, 0.1) is 5.69 Å². The molecule has 0 aromatic carbocycles. The molecule has 0 aliphatic carbocycles. The van der Waals surface area contributed by atoms with Crippen LogP contribution in [0.25, 0.3) is 0 Å². The Kier molecular flexibility index (Phi) is 3.25. The molecule has 0 unspecified atom stereocenters. The SMILES string of the molecule is CC(C)c1cc(CBr)c(=O)n(C)n1. The van der Waals surface area contributed by atoms with E-state index in [-0.39, 0.29) is 5.56 Å². The lowest BCUT2D eigenvalue weighted by atomic mass is 10.1. The van der Waals surface area contributed by atoms with E-state index in [0.717, 1.165) is 11.3 Å². The van der Waals surface area contributed by atoms with Gasteiger partial charge in [0, 0.05) is 17.9 Å². The average molecular weight is 245 g/mol. The minimum atomic E-state index is -0.0266. The zero-order chi connectivity index (χ0) is 10.0. The lowest BCUT2D eigenvalue weighted by Gasteiger charge is -2.07. The van der Waals surface area contributed by atoms with Crippen molar-refractivity contribution in [3.05, 3.63) is 27.7 Å². The molecule has 0 radical (unpaired) electrons. The topological polar surface area (TPSA) is 34.9 Å². The minimum Gasteiger partial charge on any atom is -0.267 e. The van der Waals surface area contributed by atoms with E-state index in [1.807, 2.05) is 6.07 Å². The maximum Gasteiger partial charge on any atom is 0.270 e. The van der Waals surface area contributed by atoms with Crippen molar-refractivity contribution in [2.24, 2.45) is 7.05 Å². The van der Waals surface area contributed by atoms with E-state index in [0.29, 0.717) is 11.2 Å². The molecule has 0 saturated carbocycles. The van der Waals surface area contributed by atoms with E-state index in [1.54, 1.807) is 7.05 Å². The Hall–Kier alpha value is -0.640. The van der Waals surface area contributed by atoms with Crippen LogP contribution < -0.4 is 5.56 Å². The fourth-order valence-electron chi connectivity index (χ4n) is 1.07. The number of halogens is 1. The first-order valence-electron chi connectivity index (χ1n) is 4.19. The summed E-state index contributed by atoms with van der Waals surface area (Å²) in [6.07, 6.45) is 0. The van der Waals surface area contributed by atoms with Gasteiger partial charge in [0.1, 0.15) is 0 Å². The number of rotatable bonds is 2. The number of aromatic nitrogens is 2. The highest BCUT2D eigenvalue weighted by atomic mass is 79.9. The third kappa shape index (κ3) is 2.18. The van der Waals surface area contributed by atoms with E-state index in [9.17, 15) is 4.79 Å². The van der Waals surface area contributed by atoms with E-state index in [1.165, 1.54) is 4.68 Å². The average Bonchev–Trinajstić information content (AvgIpc) is 2.09. The highest BCUT2D eigenvalue weighted by molar-refractivity contribution is 9.08. The van der Waals surface area contributed by atoms with Gasteiger partial charge in [-0.3, -0.25) is 4.79 Å². The second-order valence-electron chi connectivity index (χ2n) is 3.31. The first-order chi connectivity index (χ1) is 6.06. The molecule has 0 spiro atoms. The molecule has 1 aromatic rings. The Morgan fingerprint density at radius 3 is 2.69 bits per heavy atom. The Morgan fingerprint density at radius 2 is 2.23 bits per heavy atom. The molecule has 13 heavy (non-hydrogen) atoms. The third-order valence-electron chi connectivity index (χ3n) is 1.89. The molecule has 3 nitrogen and oxygen atoms in total. The number of hydrogen-bond donors (Lipinski definition) is 0. The van der Waals surface area contributed by atoms with E-state index < -0.39 is 0 Å². The molecule has 0 N–H and O–H groups in total. The highest BCUT2D eigenvalue weighted by Gasteiger charge is 2.07. The summed E-state index contributed by atoms with van der Waals surface area (Å²) in [6.45, 7) is 4.12. The normalized spacial score (nSPS) is 10.8. The highest BCUT2D eigenvalue weighted by Crippen LogP contribution is 2.11. The summed E-state index contributed by atoms with van der Waals surface area (Å²) in [4.78, 5) is 11.4. The summed E-state index contributed by atoms with van der Waals surface area (Å²) < 4.78 is 1.39. The van der Waals surface area contributed by atoms with Crippen LogP contribution >= 0.6 is 15.9 Å². The van der Waals surface area contributed by atoms with Gasteiger partial charge in [0.15, 0.2) is 0 Å². The van der Waals surface area contributed by atoms with Crippen LogP contribution in [-0.4, -0.2) is 9.78 Å². The van der Waals surface area contributed by atoms with Crippen molar-refractivity contribution in [3.63, 3.8) is 0 Å². The van der Waals surface area contributed by atoms with Crippen molar-refractivity contribution < 1.29 is 0 Å². The summed E-state index contributed by atoms with van der Waals surface area (Å²) in [5, 5.41) is 4.75. The molecule has 0 atom stereocenters. The summed E-state index contributed by atoms with van der Waals surface area (Å²) >= 11 is 3.28. The van der Waals surface area contributed by atoms with Crippen LogP contribution in [0.5, 0.6) is 0 Å². The largest absolute Gasteiger partial charge is 0.270 e. The van der Waals surface area contributed by atoms with Gasteiger partial charge < -0.3 is 0 Å². The smallest absolute Gasteiger partial charge is 0.267 e.